The van der Waals surface area contributed by atoms with Gasteiger partial charge in [-0.25, -0.2) is 4.39 Å². The van der Waals surface area contributed by atoms with Crippen molar-refractivity contribution in [1.29, 1.82) is 0 Å². The molecule has 0 saturated heterocycles. The number of aromatic nitrogens is 1. The van der Waals surface area contributed by atoms with Crippen LogP contribution in [-0.4, -0.2) is 14.4 Å². The maximum Gasteiger partial charge on any atom is 0.356 e. The Hall–Kier alpha value is -2.46. The third-order valence-corrected chi connectivity index (χ3v) is 5.05. The van der Waals surface area contributed by atoms with Gasteiger partial charge in [0, 0.05) is 16.5 Å². The minimum absolute atomic E-state index is 0.0296. The second-order valence-corrected chi connectivity index (χ2v) is 7.18. The molecule has 1 heterocycles. The summed E-state index contributed by atoms with van der Waals surface area (Å²) in [5.41, 5.74) is 2.49. The van der Waals surface area contributed by atoms with Gasteiger partial charge in [-0.15, -0.1) is 0 Å². The van der Waals surface area contributed by atoms with E-state index < -0.39 is 7.60 Å². The molecule has 0 unspecified atom stereocenters. The van der Waals surface area contributed by atoms with E-state index in [4.69, 9.17) is 0 Å². The van der Waals surface area contributed by atoms with Crippen LogP contribution in [0.3, 0.4) is 0 Å². The van der Waals surface area contributed by atoms with Gasteiger partial charge in [0.2, 0.25) is 0 Å². The van der Waals surface area contributed by atoms with Crippen LogP contribution in [0.5, 0.6) is 0 Å². The molecule has 0 aliphatic rings. The predicted molar refractivity (Wildman–Crippen MR) is 92.4 cm³/mol. The zero-order valence-electron chi connectivity index (χ0n) is 12.4. The van der Waals surface area contributed by atoms with Crippen molar-refractivity contribution in [1.82, 2.24) is 4.57 Å². The number of halogens is 1. The lowest BCUT2D eigenvalue weighted by atomic mass is 10.1. The van der Waals surface area contributed by atoms with Crippen LogP contribution < -0.4 is 5.30 Å². The van der Waals surface area contributed by atoms with Crippen LogP contribution in [0.4, 0.5) is 4.39 Å². The molecule has 4 nitrogen and oxygen atoms in total. The van der Waals surface area contributed by atoms with Crippen LogP contribution in [0.15, 0.2) is 66.7 Å². The molecular weight excluding hydrogens is 328 g/mol. The maximum absolute atomic E-state index is 13.7. The molecule has 3 aromatic carbocycles. The quantitative estimate of drug-likeness (QED) is 0.546. The summed E-state index contributed by atoms with van der Waals surface area (Å²) in [4.78, 5) is 18.5. The fourth-order valence-electron chi connectivity index (χ4n) is 3.02. The van der Waals surface area contributed by atoms with Crippen LogP contribution in [0.2, 0.25) is 0 Å². The first-order valence-electron chi connectivity index (χ1n) is 7.30. The molecule has 0 aliphatic heterocycles. The van der Waals surface area contributed by atoms with Crippen LogP contribution >= 0.6 is 7.60 Å². The third kappa shape index (κ3) is 2.34. The van der Waals surface area contributed by atoms with Gasteiger partial charge in [-0.2, -0.15) is 0 Å². The summed E-state index contributed by atoms with van der Waals surface area (Å²) in [5.74, 6) is -0.303. The second kappa shape index (κ2) is 5.28. The molecule has 0 saturated carbocycles. The topological polar surface area (TPSA) is 62.5 Å². The second-order valence-electron chi connectivity index (χ2n) is 5.57. The van der Waals surface area contributed by atoms with Gasteiger partial charge in [0.05, 0.1) is 16.3 Å². The van der Waals surface area contributed by atoms with Crippen LogP contribution in [-0.2, 0) is 4.57 Å². The zero-order valence-corrected chi connectivity index (χ0v) is 13.3. The fourth-order valence-corrected chi connectivity index (χ4v) is 3.56. The van der Waals surface area contributed by atoms with Gasteiger partial charge in [-0.3, -0.25) is 4.57 Å². The molecule has 6 heteroatoms. The Kier molecular flexibility index (Phi) is 3.32. The Balaban J connectivity index is 2.03. The lowest BCUT2D eigenvalue weighted by Crippen LogP contribution is -2.04. The van der Waals surface area contributed by atoms with E-state index in [0.717, 1.165) is 27.5 Å². The molecule has 0 spiro atoms. The smallest absolute Gasteiger partial charge is 0.321 e. The highest BCUT2D eigenvalue weighted by Gasteiger charge is 2.17. The van der Waals surface area contributed by atoms with Crippen molar-refractivity contribution in [3.8, 4) is 5.69 Å². The van der Waals surface area contributed by atoms with Gasteiger partial charge in [0.1, 0.15) is 5.82 Å². The number of fused-ring (bicyclic) bond motifs is 3. The van der Waals surface area contributed by atoms with Crippen molar-refractivity contribution >= 4 is 34.7 Å². The Morgan fingerprint density at radius 3 is 2.21 bits per heavy atom. The SMILES string of the molecule is O=P(O)(O)c1ccc(-n2c3ccccc3c3cc(F)ccc32)cc1. The molecule has 24 heavy (non-hydrogen) atoms. The normalized spacial score (nSPS) is 12.1. The van der Waals surface area contributed by atoms with Crippen LogP contribution in [0.1, 0.15) is 0 Å². The van der Waals surface area contributed by atoms with E-state index in [1.807, 2.05) is 28.8 Å². The number of para-hydroxylation sites is 1. The Morgan fingerprint density at radius 1 is 0.833 bits per heavy atom. The average molecular weight is 341 g/mol. The number of hydrogen-bond donors (Lipinski definition) is 2. The monoisotopic (exact) mass is 341 g/mol. The molecular formula is C18H13FNO3P. The fraction of sp³-hybridized carbons (Fsp3) is 0. The summed E-state index contributed by atoms with van der Waals surface area (Å²) in [6, 6.07) is 18.4. The van der Waals surface area contributed by atoms with Gasteiger partial charge >= 0.3 is 7.60 Å². The third-order valence-electron chi connectivity index (χ3n) is 4.08. The summed E-state index contributed by atoms with van der Waals surface area (Å²) in [6.07, 6.45) is 0. The van der Waals surface area contributed by atoms with Gasteiger partial charge in [-0.05, 0) is 48.5 Å². The molecule has 1 aromatic heterocycles. The molecule has 0 bridgehead atoms. The van der Waals surface area contributed by atoms with Gasteiger partial charge in [-0.1, -0.05) is 18.2 Å². The summed E-state index contributed by atoms with van der Waals surface area (Å²) in [6.45, 7) is 0. The minimum atomic E-state index is -4.28. The highest BCUT2D eigenvalue weighted by atomic mass is 31.2. The Bertz CT molecular complexity index is 1110. The standard InChI is InChI=1S/C18H13FNO3P/c19-12-5-10-18-16(11-12)15-3-1-2-4-17(15)20(18)13-6-8-14(9-7-13)24(21,22)23/h1-11H,(H2,21,22,23). The molecule has 2 N–H and O–H groups in total. The highest BCUT2D eigenvalue weighted by Crippen LogP contribution is 2.35. The van der Waals surface area contributed by atoms with Crippen LogP contribution in [0, 0.1) is 5.82 Å². The van der Waals surface area contributed by atoms with E-state index in [1.165, 1.54) is 24.3 Å². The van der Waals surface area contributed by atoms with E-state index in [2.05, 4.69) is 0 Å². The van der Waals surface area contributed by atoms with Crippen LogP contribution in [0.25, 0.3) is 27.5 Å². The van der Waals surface area contributed by atoms with E-state index in [1.54, 1.807) is 18.2 Å². The lowest BCUT2D eigenvalue weighted by Gasteiger charge is -2.09. The number of hydrogen-bond acceptors (Lipinski definition) is 1. The molecule has 120 valence electrons. The molecule has 0 fully saturated rings. The van der Waals surface area contributed by atoms with Crippen molar-refractivity contribution in [3.63, 3.8) is 0 Å². The van der Waals surface area contributed by atoms with Crippen molar-refractivity contribution in [2.45, 2.75) is 0 Å². The predicted octanol–water partition coefficient (Wildman–Crippen LogP) is 3.73. The van der Waals surface area contributed by atoms with Gasteiger partial charge < -0.3 is 14.4 Å². The van der Waals surface area contributed by atoms with E-state index in [-0.39, 0.29) is 11.1 Å². The Labute approximate surface area is 136 Å². The first-order valence-corrected chi connectivity index (χ1v) is 8.92. The first-order chi connectivity index (χ1) is 11.4. The summed E-state index contributed by atoms with van der Waals surface area (Å²) >= 11 is 0. The summed E-state index contributed by atoms with van der Waals surface area (Å²) in [7, 11) is -4.28. The van der Waals surface area contributed by atoms with E-state index in [9.17, 15) is 18.7 Å². The number of nitrogens with zero attached hydrogens (tertiary/aromatic N) is 1. The number of rotatable bonds is 2. The van der Waals surface area contributed by atoms with E-state index >= 15 is 0 Å². The molecule has 0 atom stereocenters. The summed E-state index contributed by atoms with van der Waals surface area (Å²) < 4.78 is 27.0. The molecule has 4 rings (SSSR count). The highest BCUT2D eigenvalue weighted by molar-refractivity contribution is 7.60. The van der Waals surface area contributed by atoms with Crippen molar-refractivity contribution in [3.05, 3.63) is 72.5 Å². The molecule has 0 amide bonds. The van der Waals surface area contributed by atoms with Crippen molar-refractivity contribution in [2.75, 3.05) is 0 Å². The molecule has 0 radical (unpaired) electrons. The largest absolute Gasteiger partial charge is 0.356 e. The average Bonchev–Trinajstić information content (AvgIpc) is 2.88. The minimum Gasteiger partial charge on any atom is -0.321 e. The lowest BCUT2D eigenvalue weighted by molar-refractivity contribution is 0.387. The maximum atomic E-state index is 13.7. The number of benzene rings is 3. The Morgan fingerprint density at radius 2 is 1.50 bits per heavy atom. The van der Waals surface area contributed by atoms with Gasteiger partial charge in [0.15, 0.2) is 0 Å². The molecule has 4 aromatic rings. The zero-order chi connectivity index (χ0) is 16.9. The first kappa shape index (κ1) is 15.1. The van der Waals surface area contributed by atoms with Gasteiger partial charge in [0.25, 0.3) is 0 Å². The summed E-state index contributed by atoms with van der Waals surface area (Å²) in [5, 5.41) is 1.69. The molecule has 0 aliphatic carbocycles. The van der Waals surface area contributed by atoms with E-state index in [0.29, 0.717) is 0 Å². The van der Waals surface area contributed by atoms with Crippen molar-refractivity contribution in [2.24, 2.45) is 0 Å². The van der Waals surface area contributed by atoms with Crippen molar-refractivity contribution < 1.29 is 18.7 Å².